The Labute approximate surface area is 175 Å². The van der Waals surface area contributed by atoms with Gasteiger partial charge in [0.25, 0.3) is 11.8 Å². The number of benzene rings is 2. The number of hydrogen-bond donors (Lipinski definition) is 3. The summed E-state index contributed by atoms with van der Waals surface area (Å²) in [7, 11) is 0. The SMILES string of the molecule is CCc1ccccc1NC(=O)CCCC(=O)OCC(=O)NNC(=O)c1ccccc1. The van der Waals surface area contributed by atoms with Crippen LogP contribution in [0.1, 0.15) is 42.1 Å². The second-order valence-corrected chi connectivity index (χ2v) is 6.44. The highest BCUT2D eigenvalue weighted by Crippen LogP contribution is 2.16. The molecule has 0 aliphatic rings. The van der Waals surface area contributed by atoms with Gasteiger partial charge in [-0.1, -0.05) is 43.3 Å². The minimum Gasteiger partial charge on any atom is -0.455 e. The number of hydrazine groups is 1. The molecule has 2 aromatic rings. The lowest BCUT2D eigenvalue weighted by atomic mass is 10.1. The van der Waals surface area contributed by atoms with E-state index in [-0.39, 0.29) is 18.7 Å². The number of para-hydroxylation sites is 1. The maximum atomic E-state index is 12.0. The molecule has 0 radical (unpaired) electrons. The maximum absolute atomic E-state index is 12.0. The summed E-state index contributed by atoms with van der Waals surface area (Å²) in [6.45, 7) is 1.48. The standard InChI is InChI=1S/C22H25N3O5/c1-2-16-9-6-7-12-18(16)23-19(26)13-8-14-21(28)30-15-20(27)24-25-22(29)17-10-4-3-5-11-17/h3-7,9-12H,2,8,13-15H2,1H3,(H,23,26)(H,24,27)(H,25,29). The Morgan fingerprint density at radius 2 is 1.53 bits per heavy atom. The number of aryl methyl sites for hydroxylation is 1. The van der Waals surface area contributed by atoms with E-state index < -0.39 is 24.4 Å². The van der Waals surface area contributed by atoms with Gasteiger partial charge in [-0.05, 0) is 36.6 Å². The van der Waals surface area contributed by atoms with Crippen LogP contribution in [0.3, 0.4) is 0 Å². The van der Waals surface area contributed by atoms with Gasteiger partial charge < -0.3 is 10.1 Å². The Morgan fingerprint density at radius 1 is 0.833 bits per heavy atom. The van der Waals surface area contributed by atoms with Gasteiger partial charge in [0.05, 0.1) is 0 Å². The summed E-state index contributed by atoms with van der Waals surface area (Å²) in [4.78, 5) is 47.2. The van der Waals surface area contributed by atoms with Crippen molar-refractivity contribution in [2.75, 3.05) is 11.9 Å². The van der Waals surface area contributed by atoms with Crippen LogP contribution in [0.15, 0.2) is 54.6 Å². The first-order valence-corrected chi connectivity index (χ1v) is 9.67. The predicted molar refractivity (Wildman–Crippen MR) is 111 cm³/mol. The zero-order valence-electron chi connectivity index (χ0n) is 16.8. The van der Waals surface area contributed by atoms with Gasteiger partial charge in [0, 0.05) is 24.1 Å². The quantitative estimate of drug-likeness (QED) is 0.433. The van der Waals surface area contributed by atoms with Crippen LogP contribution in [0.2, 0.25) is 0 Å². The summed E-state index contributed by atoms with van der Waals surface area (Å²) in [6.07, 6.45) is 1.26. The fourth-order valence-electron chi connectivity index (χ4n) is 2.60. The molecule has 0 saturated carbocycles. The molecule has 0 atom stereocenters. The molecular weight excluding hydrogens is 386 g/mol. The van der Waals surface area contributed by atoms with Gasteiger partial charge in [-0.25, -0.2) is 0 Å². The van der Waals surface area contributed by atoms with Crippen molar-refractivity contribution in [3.63, 3.8) is 0 Å². The van der Waals surface area contributed by atoms with Crippen LogP contribution in [0.4, 0.5) is 5.69 Å². The zero-order chi connectivity index (χ0) is 21.8. The number of carbonyl (C=O) groups is 4. The minimum absolute atomic E-state index is 0.00645. The van der Waals surface area contributed by atoms with Crippen molar-refractivity contribution < 1.29 is 23.9 Å². The topological polar surface area (TPSA) is 114 Å². The molecule has 8 nitrogen and oxygen atoms in total. The van der Waals surface area contributed by atoms with Crippen molar-refractivity contribution in [1.82, 2.24) is 10.9 Å². The lowest BCUT2D eigenvalue weighted by Crippen LogP contribution is -2.43. The molecule has 2 aromatic carbocycles. The van der Waals surface area contributed by atoms with Crippen molar-refractivity contribution in [3.8, 4) is 0 Å². The number of anilines is 1. The minimum atomic E-state index is -0.665. The maximum Gasteiger partial charge on any atom is 0.306 e. The number of nitrogens with one attached hydrogen (secondary N) is 3. The molecule has 3 N–H and O–H groups in total. The highest BCUT2D eigenvalue weighted by Gasteiger charge is 2.11. The molecule has 0 heterocycles. The summed E-state index contributed by atoms with van der Waals surface area (Å²) in [6, 6.07) is 15.9. The van der Waals surface area contributed by atoms with E-state index in [4.69, 9.17) is 4.74 Å². The third-order valence-corrected chi connectivity index (χ3v) is 4.17. The van der Waals surface area contributed by atoms with Crippen LogP contribution >= 0.6 is 0 Å². The molecule has 0 aromatic heterocycles. The second-order valence-electron chi connectivity index (χ2n) is 6.44. The van der Waals surface area contributed by atoms with E-state index in [1.807, 2.05) is 31.2 Å². The number of rotatable bonds is 9. The number of carbonyl (C=O) groups excluding carboxylic acids is 4. The average molecular weight is 411 g/mol. The zero-order valence-corrected chi connectivity index (χ0v) is 16.8. The normalized spacial score (nSPS) is 10.0. The van der Waals surface area contributed by atoms with Crippen molar-refractivity contribution >= 4 is 29.4 Å². The summed E-state index contributed by atoms with van der Waals surface area (Å²) < 4.78 is 4.84. The lowest BCUT2D eigenvalue weighted by molar-refractivity contribution is -0.148. The summed E-state index contributed by atoms with van der Waals surface area (Å²) in [5.74, 6) is -1.93. The van der Waals surface area contributed by atoms with E-state index in [1.165, 1.54) is 0 Å². The molecular formula is C22H25N3O5. The van der Waals surface area contributed by atoms with Crippen molar-refractivity contribution in [3.05, 3.63) is 65.7 Å². The Balaban J connectivity index is 1.61. The molecule has 3 amide bonds. The molecule has 0 fully saturated rings. The Hall–Kier alpha value is -3.68. The van der Waals surface area contributed by atoms with E-state index in [9.17, 15) is 19.2 Å². The highest BCUT2D eigenvalue weighted by molar-refractivity contribution is 5.95. The Morgan fingerprint density at radius 3 is 2.27 bits per heavy atom. The van der Waals surface area contributed by atoms with Gasteiger partial charge >= 0.3 is 5.97 Å². The van der Waals surface area contributed by atoms with Crippen molar-refractivity contribution in [2.24, 2.45) is 0 Å². The predicted octanol–water partition coefficient (Wildman–Crippen LogP) is 2.36. The molecule has 8 heteroatoms. The Kier molecular flexibility index (Phi) is 9.05. The third-order valence-electron chi connectivity index (χ3n) is 4.17. The third kappa shape index (κ3) is 7.75. The number of amides is 3. The molecule has 0 aliphatic carbocycles. The first-order valence-electron chi connectivity index (χ1n) is 9.67. The molecule has 2 rings (SSSR count). The van der Waals surface area contributed by atoms with Gasteiger partial charge in [-0.3, -0.25) is 30.0 Å². The van der Waals surface area contributed by atoms with Gasteiger partial charge in [0.1, 0.15) is 0 Å². The van der Waals surface area contributed by atoms with E-state index in [2.05, 4.69) is 16.2 Å². The van der Waals surface area contributed by atoms with Gasteiger partial charge in [-0.2, -0.15) is 0 Å². The molecule has 0 unspecified atom stereocenters. The molecule has 0 bridgehead atoms. The highest BCUT2D eigenvalue weighted by atomic mass is 16.5. The Bertz CT molecular complexity index is 883. The van der Waals surface area contributed by atoms with E-state index in [0.717, 1.165) is 17.7 Å². The summed E-state index contributed by atoms with van der Waals surface area (Å²) in [5.41, 5.74) is 6.59. The van der Waals surface area contributed by atoms with E-state index in [1.54, 1.807) is 30.3 Å². The lowest BCUT2D eigenvalue weighted by Gasteiger charge is -2.10. The van der Waals surface area contributed by atoms with E-state index in [0.29, 0.717) is 12.0 Å². The molecule has 30 heavy (non-hydrogen) atoms. The fraction of sp³-hybridized carbons (Fsp3) is 0.273. The molecule has 0 spiro atoms. The van der Waals surface area contributed by atoms with Gasteiger partial charge in [-0.15, -0.1) is 0 Å². The van der Waals surface area contributed by atoms with Crippen LogP contribution in [-0.4, -0.2) is 30.3 Å². The molecule has 0 aliphatic heterocycles. The van der Waals surface area contributed by atoms with Crippen LogP contribution in [-0.2, 0) is 25.5 Å². The van der Waals surface area contributed by atoms with Gasteiger partial charge in [0.15, 0.2) is 6.61 Å². The van der Waals surface area contributed by atoms with Gasteiger partial charge in [0.2, 0.25) is 5.91 Å². The summed E-state index contributed by atoms with van der Waals surface area (Å²) >= 11 is 0. The first kappa shape index (κ1) is 22.6. The van der Waals surface area contributed by atoms with Crippen LogP contribution in [0.25, 0.3) is 0 Å². The number of ether oxygens (including phenoxy) is 1. The fourth-order valence-corrected chi connectivity index (χ4v) is 2.60. The smallest absolute Gasteiger partial charge is 0.306 e. The first-order chi connectivity index (χ1) is 14.5. The van der Waals surface area contributed by atoms with Crippen LogP contribution in [0.5, 0.6) is 0 Å². The number of esters is 1. The second kappa shape index (κ2) is 12.0. The summed E-state index contributed by atoms with van der Waals surface area (Å²) in [5, 5.41) is 2.83. The average Bonchev–Trinajstić information content (AvgIpc) is 2.77. The molecule has 0 saturated heterocycles. The van der Waals surface area contributed by atoms with Crippen molar-refractivity contribution in [1.29, 1.82) is 0 Å². The van der Waals surface area contributed by atoms with Crippen molar-refractivity contribution in [2.45, 2.75) is 32.6 Å². The van der Waals surface area contributed by atoms with E-state index >= 15 is 0 Å². The monoisotopic (exact) mass is 411 g/mol. The van der Waals surface area contributed by atoms with Crippen LogP contribution in [0, 0.1) is 0 Å². The van der Waals surface area contributed by atoms with Crippen LogP contribution < -0.4 is 16.2 Å². The molecule has 158 valence electrons. The largest absolute Gasteiger partial charge is 0.455 e. The number of hydrogen-bond acceptors (Lipinski definition) is 5.